The van der Waals surface area contributed by atoms with E-state index >= 15 is 0 Å². The van der Waals surface area contributed by atoms with Gasteiger partial charge >= 0.3 is 6.03 Å². The molecule has 0 spiro atoms. The number of thioether (sulfide) groups is 1. The van der Waals surface area contributed by atoms with Gasteiger partial charge in [-0.15, -0.1) is 10.2 Å². The van der Waals surface area contributed by atoms with E-state index in [1.165, 1.54) is 30.0 Å². The van der Waals surface area contributed by atoms with Gasteiger partial charge in [0.05, 0.1) is 5.75 Å². The normalized spacial score (nSPS) is 13.4. The maximum absolute atomic E-state index is 11.7. The van der Waals surface area contributed by atoms with Crippen molar-refractivity contribution in [2.45, 2.75) is 49.9 Å². The predicted molar refractivity (Wildman–Crippen MR) is 93.3 cm³/mol. The third-order valence-corrected chi connectivity index (χ3v) is 5.30. The third kappa shape index (κ3) is 5.75. The number of rotatable bonds is 8. The summed E-state index contributed by atoms with van der Waals surface area (Å²) in [6.45, 7) is 4.08. The van der Waals surface area contributed by atoms with Crippen molar-refractivity contribution < 1.29 is 14.4 Å². The summed E-state index contributed by atoms with van der Waals surface area (Å²) in [5.74, 6) is -0.373. The van der Waals surface area contributed by atoms with E-state index in [9.17, 15) is 14.4 Å². The van der Waals surface area contributed by atoms with Crippen molar-refractivity contribution in [3.05, 3.63) is 0 Å². The van der Waals surface area contributed by atoms with Crippen LogP contribution in [0.5, 0.6) is 0 Å². The average Bonchev–Trinajstić information content (AvgIpc) is 3.23. The Morgan fingerprint density at radius 3 is 2.71 bits per heavy atom. The van der Waals surface area contributed by atoms with Gasteiger partial charge < -0.3 is 5.32 Å². The fourth-order valence-corrected chi connectivity index (χ4v) is 3.71. The highest BCUT2D eigenvalue weighted by atomic mass is 32.2. The minimum absolute atomic E-state index is 0.0494. The Morgan fingerprint density at radius 2 is 2.08 bits per heavy atom. The third-order valence-electron chi connectivity index (χ3n) is 3.25. The number of carbonyl (C=O) groups is 3. The molecule has 1 aromatic heterocycles. The van der Waals surface area contributed by atoms with Crippen LogP contribution in [0.3, 0.4) is 0 Å². The van der Waals surface area contributed by atoms with Crippen molar-refractivity contribution in [1.29, 1.82) is 0 Å². The lowest BCUT2D eigenvalue weighted by Crippen LogP contribution is -2.40. The van der Waals surface area contributed by atoms with Crippen LogP contribution in [0.4, 0.5) is 9.93 Å². The molecule has 8 nitrogen and oxygen atoms in total. The van der Waals surface area contributed by atoms with Gasteiger partial charge in [0.15, 0.2) is 4.34 Å². The second-order valence-electron chi connectivity index (χ2n) is 5.42. The van der Waals surface area contributed by atoms with Crippen molar-refractivity contribution in [3.63, 3.8) is 0 Å². The molecule has 1 aliphatic carbocycles. The Kier molecular flexibility index (Phi) is 6.98. The standard InChI is InChI=1S/C14H21N5O3S2/c1-3-4-7-15-12(22)16-11(21)8-23-14-18-17-13(24-14)19(9(2)20)10-5-6-10/h10H,3-8H2,1-2H3,(H2,15,16,21,22). The number of aromatic nitrogens is 2. The van der Waals surface area contributed by atoms with E-state index in [-0.39, 0.29) is 17.7 Å². The largest absolute Gasteiger partial charge is 0.338 e. The first-order chi connectivity index (χ1) is 11.5. The van der Waals surface area contributed by atoms with Crippen molar-refractivity contribution in [2.75, 3.05) is 17.2 Å². The molecule has 0 unspecified atom stereocenters. The molecule has 0 aliphatic heterocycles. The summed E-state index contributed by atoms with van der Waals surface area (Å²) in [6.07, 6.45) is 3.81. The number of anilines is 1. The number of unbranched alkanes of at least 4 members (excludes halogenated alkanes) is 1. The fourth-order valence-electron chi connectivity index (χ4n) is 1.95. The number of amides is 4. The summed E-state index contributed by atoms with van der Waals surface area (Å²) in [7, 11) is 0. The van der Waals surface area contributed by atoms with Crippen LogP contribution in [-0.4, -0.2) is 46.4 Å². The van der Waals surface area contributed by atoms with Gasteiger partial charge in [-0.3, -0.25) is 19.8 Å². The molecule has 2 rings (SSSR count). The molecule has 2 N–H and O–H groups in total. The lowest BCUT2D eigenvalue weighted by molar-refractivity contribution is -0.118. The van der Waals surface area contributed by atoms with E-state index < -0.39 is 11.9 Å². The van der Waals surface area contributed by atoms with Crippen LogP contribution in [0.15, 0.2) is 4.34 Å². The number of carbonyl (C=O) groups excluding carboxylic acids is 3. The second kappa shape index (κ2) is 8.97. The SMILES string of the molecule is CCCCNC(=O)NC(=O)CSc1nnc(N(C(C)=O)C2CC2)s1. The maximum Gasteiger partial charge on any atom is 0.321 e. The zero-order valence-electron chi connectivity index (χ0n) is 13.7. The highest BCUT2D eigenvalue weighted by Crippen LogP contribution is 2.35. The van der Waals surface area contributed by atoms with Crippen LogP contribution in [0.1, 0.15) is 39.5 Å². The predicted octanol–water partition coefficient (Wildman–Crippen LogP) is 1.77. The van der Waals surface area contributed by atoms with Gasteiger partial charge in [-0.05, 0) is 19.3 Å². The number of nitrogens with one attached hydrogen (secondary N) is 2. The molecule has 1 fully saturated rings. The maximum atomic E-state index is 11.7. The minimum Gasteiger partial charge on any atom is -0.338 e. The Bertz CT molecular complexity index is 603. The highest BCUT2D eigenvalue weighted by Gasteiger charge is 2.34. The topological polar surface area (TPSA) is 104 Å². The van der Waals surface area contributed by atoms with E-state index in [1.807, 2.05) is 6.92 Å². The van der Waals surface area contributed by atoms with Crippen molar-refractivity contribution in [1.82, 2.24) is 20.8 Å². The quantitative estimate of drug-likeness (QED) is 0.410. The van der Waals surface area contributed by atoms with Gasteiger partial charge in [0.2, 0.25) is 16.9 Å². The lowest BCUT2D eigenvalue weighted by atomic mass is 10.3. The average molecular weight is 371 g/mol. The van der Waals surface area contributed by atoms with Crippen LogP contribution in [0.2, 0.25) is 0 Å². The number of imide groups is 1. The van der Waals surface area contributed by atoms with Gasteiger partial charge in [-0.1, -0.05) is 36.4 Å². The van der Waals surface area contributed by atoms with Crippen LogP contribution in [0, 0.1) is 0 Å². The fraction of sp³-hybridized carbons (Fsp3) is 0.643. The molecule has 1 saturated carbocycles. The first-order valence-electron chi connectivity index (χ1n) is 7.85. The minimum atomic E-state index is -0.483. The number of nitrogens with zero attached hydrogens (tertiary/aromatic N) is 3. The van der Waals surface area contributed by atoms with Crippen LogP contribution in [0.25, 0.3) is 0 Å². The lowest BCUT2D eigenvalue weighted by Gasteiger charge is -2.15. The Labute approximate surface area is 148 Å². The number of urea groups is 1. The molecule has 132 valence electrons. The molecule has 0 radical (unpaired) electrons. The van der Waals surface area contributed by atoms with Crippen LogP contribution >= 0.6 is 23.1 Å². The van der Waals surface area contributed by atoms with E-state index in [0.29, 0.717) is 16.0 Å². The summed E-state index contributed by atoms with van der Waals surface area (Å²) in [4.78, 5) is 36.5. The molecule has 1 aromatic rings. The molecule has 0 saturated heterocycles. The first-order valence-corrected chi connectivity index (χ1v) is 9.65. The summed E-state index contributed by atoms with van der Waals surface area (Å²) >= 11 is 2.48. The second-order valence-corrected chi connectivity index (χ2v) is 7.60. The first kappa shape index (κ1) is 18.7. The molecule has 1 heterocycles. The van der Waals surface area contributed by atoms with Gasteiger partial charge in [0.1, 0.15) is 0 Å². The van der Waals surface area contributed by atoms with Gasteiger partial charge in [-0.2, -0.15) is 0 Å². The highest BCUT2D eigenvalue weighted by molar-refractivity contribution is 8.01. The molecule has 10 heteroatoms. The molecular weight excluding hydrogens is 350 g/mol. The van der Waals surface area contributed by atoms with Gasteiger partial charge in [0.25, 0.3) is 0 Å². The zero-order valence-corrected chi connectivity index (χ0v) is 15.3. The smallest absolute Gasteiger partial charge is 0.321 e. The zero-order chi connectivity index (χ0) is 17.5. The van der Waals surface area contributed by atoms with Crippen LogP contribution < -0.4 is 15.5 Å². The Morgan fingerprint density at radius 1 is 1.33 bits per heavy atom. The molecular formula is C14H21N5O3S2. The summed E-state index contributed by atoms with van der Waals surface area (Å²) < 4.78 is 0.596. The Balaban J connectivity index is 1.77. The summed E-state index contributed by atoms with van der Waals surface area (Å²) in [6, 6.07) is -0.257. The van der Waals surface area contributed by atoms with Gasteiger partial charge in [0, 0.05) is 19.5 Å². The molecule has 0 atom stereocenters. The van der Waals surface area contributed by atoms with E-state index in [1.54, 1.807) is 4.90 Å². The summed E-state index contributed by atoms with van der Waals surface area (Å²) in [5, 5.41) is 13.5. The molecule has 1 aliphatic rings. The molecule has 0 aromatic carbocycles. The van der Waals surface area contributed by atoms with E-state index in [4.69, 9.17) is 0 Å². The van der Waals surface area contributed by atoms with E-state index in [2.05, 4.69) is 20.8 Å². The van der Waals surface area contributed by atoms with Crippen molar-refractivity contribution >= 4 is 46.1 Å². The number of hydrogen-bond donors (Lipinski definition) is 2. The van der Waals surface area contributed by atoms with E-state index in [0.717, 1.165) is 25.7 Å². The molecule has 4 amide bonds. The van der Waals surface area contributed by atoms with Gasteiger partial charge in [-0.25, -0.2) is 4.79 Å². The van der Waals surface area contributed by atoms with Crippen LogP contribution in [-0.2, 0) is 9.59 Å². The Hall–Kier alpha value is -1.68. The molecule has 0 bridgehead atoms. The summed E-state index contributed by atoms with van der Waals surface area (Å²) in [5.41, 5.74) is 0. The van der Waals surface area contributed by atoms with Crippen molar-refractivity contribution in [2.24, 2.45) is 0 Å². The number of hydrogen-bond acceptors (Lipinski definition) is 7. The monoisotopic (exact) mass is 371 g/mol. The van der Waals surface area contributed by atoms with Crippen molar-refractivity contribution in [3.8, 4) is 0 Å². The molecule has 24 heavy (non-hydrogen) atoms.